The fraction of sp³-hybridized carbons (Fsp3) is 0.300. The number of aromatic nitrogens is 1. The van der Waals surface area contributed by atoms with Crippen LogP contribution in [0, 0.1) is 22.0 Å². The van der Waals surface area contributed by atoms with E-state index in [1.807, 2.05) is 6.92 Å². The highest BCUT2D eigenvalue weighted by Crippen LogP contribution is 2.11. The van der Waals surface area contributed by atoms with Gasteiger partial charge in [0.05, 0.1) is 0 Å². The van der Waals surface area contributed by atoms with Gasteiger partial charge in [0.25, 0.3) is 0 Å². The molecular formula is C10H10N2O2. The zero-order valence-electron chi connectivity index (χ0n) is 7.86. The van der Waals surface area contributed by atoms with Crippen molar-refractivity contribution < 1.29 is 4.92 Å². The maximum atomic E-state index is 10.5. The second kappa shape index (κ2) is 4.97. The monoisotopic (exact) mass is 190 g/mol. The predicted octanol–water partition coefficient (Wildman–Crippen LogP) is 2.14. The fourth-order valence-corrected chi connectivity index (χ4v) is 0.923. The lowest BCUT2D eigenvalue weighted by molar-refractivity contribution is -0.389. The van der Waals surface area contributed by atoms with E-state index in [0.29, 0.717) is 5.56 Å². The van der Waals surface area contributed by atoms with Gasteiger partial charge in [0.15, 0.2) is 0 Å². The van der Waals surface area contributed by atoms with E-state index in [1.165, 1.54) is 6.20 Å². The summed E-state index contributed by atoms with van der Waals surface area (Å²) >= 11 is 0. The quantitative estimate of drug-likeness (QED) is 0.408. The third-order valence-electron chi connectivity index (χ3n) is 1.56. The summed E-state index contributed by atoms with van der Waals surface area (Å²) in [4.78, 5) is 13.7. The number of pyridine rings is 1. The van der Waals surface area contributed by atoms with Crippen LogP contribution in [0.2, 0.25) is 0 Å². The zero-order chi connectivity index (χ0) is 10.4. The Bertz CT molecular complexity index is 391. The zero-order valence-corrected chi connectivity index (χ0v) is 7.86. The standard InChI is InChI=1S/C10H10N2O2/c1-2-3-4-6-9-7-5-8-11-10(9)12(13)14/h5,7-8H,2-3H2,1H3. The van der Waals surface area contributed by atoms with Crippen LogP contribution in [0.25, 0.3) is 0 Å². The second-order valence-corrected chi connectivity index (χ2v) is 2.68. The number of nitro groups is 1. The van der Waals surface area contributed by atoms with Crippen molar-refractivity contribution in [3.8, 4) is 11.8 Å². The molecule has 4 heteroatoms. The molecule has 0 atom stereocenters. The van der Waals surface area contributed by atoms with Crippen molar-refractivity contribution in [1.29, 1.82) is 0 Å². The van der Waals surface area contributed by atoms with Gasteiger partial charge in [-0.25, -0.2) is 0 Å². The highest BCUT2D eigenvalue weighted by atomic mass is 16.6. The maximum Gasteiger partial charge on any atom is 0.379 e. The molecule has 0 radical (unpaired) electrons. The van der Waals surface area contributed by atoms with E-state index in [1.54, 1.807) is 12.1 Å². The molecule has 0 amide bonds. The summed E-state index contributed by atoms with van der Waals surface area (Å²) in [7, 11) is 0. The summed E-state index contributed by atoms with van der Waals surface area (Å²) in [6.07, 6.45) is 3.08. The third kappa shape index (κ3) is 2.56. The fourth-order valence-electron chi connectivity index (χ4n) is 0.923. The molecule has 0 unspecified atom stereocenters. The van der Waals surface area contributed by atoms with Crippen molar-refractivity contribution >= 4 is 5.82 Å². The number of rotatable bonds is 2. The summed E-state index contributed by atoms with van der Waals surface area (Å²) in [5.41, 5.74) is 0.381. The predicted molar refractivity (Wildman–Crippen MR) is 52.7 cm³/mol. The van der Waals surface area contributed by atoms with E-state index in [9.17, 15) is 10.1 Å². The minimum atomic E-state index is -0.518. The van der Waals surface area contributed by atoms with Crippen LogP contribution in [0.4, 0.5) is 5.82 Å². The van der Waals surface area contributed by atoms with Crippen molar-refractivity contribution in [1.82, 2.24) is 4.98 Å². The van der Waals surface area contributed by atoms with Gasteiger partial charge in [0.2, 0.25) is 0 Å². The Labute approximate surface area is 82.1 Å². The Hall–Kier alpha value is -1.89. The Morgan fingerprint density at radius 3 is 3.07 bits per heavy atom. The van der Waals surface area contributed by atoms with E-state index in [0.717, 1.165) is 12.8 Å². The molecule has 14 heavy (non-hydrogen) atoms. The van der Waals surface area contributed by atoms with Gasteiger partial charge in [-0.15, -0.1) is 0 Å². The molecule has 1 aromatic rings. The van der Waals surface area contributed by atoms with Gasteiger partial charge in [-0.2, -0.15) is 0 Å². The normalized spacial score (nSPS) is 8.93. The number of unbranched alkanes of at least 4 members (excludes halogenated alkanes) is 1. The van der Waals surface area contributed by atoms with Crippen molar-refractivity contribution in [2.24, 2.45) is 0 Å². The molecule has 0 saturated heterocycles. The van der Waals surface area contributed by atoms with Crippen LogP contribution in [-0.2, 0) is 0 Å². The Kier molecular flexibility index (Phi) is 3.62. The van der Waals surface area contributed by atoms with Crippen LogP contribution in [0.5, 0.6) is 0 Å². The van der Waals surface area contributed by atoms with E-state index in [2.05, 4.69) is 16.8 Å². The molecule has 0 bridgehead atoms. The van der Waals surface area contributed by atoms with Crippen LogP contribution in [-0.4, -0.2) is 9.91 Å². The maximum absolute atomic E-state index is 10.5. The molecule has 72 valence electrons. The lowest BCUT2D eigenvalue weighted by atomic mass is 10.2. The van der Waals surface area contributed by atoms with E-state index < -0.39 is 4.92 Å². The largest absolute Gasteiger partial charge is 0.379 e. The molecule has 1 rings (SSSR count). The minimum Gasteiger partial charge on any atom is -0.358 e. The van der Waals surface area contributed by atoms with Gasteiger partial charge in [-0.1, -0.05) is 18.8 Å². The number of nitrogens with zero attached hydrogens (tertiary/aromatic N) is 2. The topological polar surface area (TPSA) is 56.0 Å². The first kappa shape index (κ1) is 10.2. The number of hydrogen-bond acceptors (Lipinski definition) is 3. The van der Waals surface area contributed by atoms with Gasteiger partial charge in [-0.05, 0) is 28.5 Å². The summed E-state index contributed by atoms with van der Waals surface area (Å²) in [5.74, 6) is 5.42. The average molecular weight is 190 g/mol. The number of hydrogen-bond donors (Lipinski definition) is 0. The highest BCUT2D eigenvalue weighted by Gasteiger charge is 2.10. The van der Waals surface area contributed by atoms with Gasteiger partial charge in [-0.3, -0.25) is 0 Å². The third-order valence-corrected chi connectivity index (χ3v) is 1.56. The van der Waals surface area contributed by atoms with Crippen molar-refractivity contribution in [2.75, 3.05) is 0 Å². The molecule has 1 heterocycles. The molecule has 0 aliphatic rings. The van der Waals surface area contributed by atoms with E-state index in [4.69, 9.17) is 0 Å². The van der Waals surface area contributed by atoms with Gasteiger partial charge in [0, 0.05) is 6.42 Å². The summed E-state index contributed by atoms with van der Waals surface area (Å²) < 4.78 is 0. The molecule has 1 aromatic heterocycles. The minimum absolute atomic E-state index is 0.170. The van der Waals surface area contributed by atoms with Gasteiger partial charge >= 0.3 is 5.82 Å². The van der Waals surface area contributed by atoms with Crippen molar-refractivity contribution in [2.45, 2.75) is 19.8 Å². The average Bonchev–Trinajstić information content (AvgIpc) is 2.19. The summed E-state index contributed by atoms with van der Waals surface area (Å²) in [5, 5.41) is 10.5. The summed E-state index contributed by atoms with van der Waals surface area (Å²) in [6, 6.07) is 3.25. The van der Waals surface area contributed by atoms with Crippen LogP contribution in [0.15, 0.2) is 18.3 Å². The lowest BCUT2D eigenvalue weighted by Crippen LogP contribution is -1.94. The highest BCUT2D eigenvalue weighted by molar-refractivity contribution is 5.45. The first-order chi connectivity index (χ1) is 6.75. The molecule has 0 aliphatic carbocycles. The molecule has 0 fully saturated rings. The van der Waals surface area contributed by atoms with Crippen LogP contribution >= 0.6 is 0 Å². The molecule has 0 N–H and O–H groups in total. The molecule has 0 aliphatic heterocycles. The molecule has 4 nitrogen and oxygen atoms in total. The van der Waals surface area contributed by atoms with Crippen LogP contribution in [0.3, 0.4) is 0 Å². The smallest absolute Gasteiger partial charge is 0.358 e. The first-order valence-corrected chi connectivity index (χ1v) is 4.34. The van der Waals surface area contributed by atoms with Crippen LogP contribution < -0.4 is 0 Å². The SMILES string of the molecule is CCCC#Cc1cccnc1[N+](=O)[O-]. The Morgan fingerprint density at radius 1 is 1.64 bits per heavy atom. The van der Waals surface area contributed by atoms with Crippen molar-refractivity contribution in [3.05, 3.63) is 34.0 Å². The Morgan fingerprint density at radius 2 is 2.43 bits per heavy atom. The molecule has 0 aromatic carbocycles. The van der Waals surface area contributed by atoms with Gasteiger partial charge < -0.3 is 10.1 Å². The Balaban J connectivity index is 2.97. The first-order valence-electron chi connectivity index (χ1n) is 4.34. The molecular weight excluding hydrogens is 180 g/mol. The van der Waals surface area contributed by atoms with E-state index >= 15 is 0 Å². The molecule has 0 saturated carbocycles. The summed E-state index contributed by atoms with van der Waals surface area (Å²) in [6.45, 7) is 2.01. The lowest BCUT2D eigenvalue weighted by Gasteiger charge is -1.93. The van der Waals surface area contributed by atoms with Crippen LogP contribution in [0.1, 0.15) is 25.3 Å². The van der Waals surface area contributed by atoms with Crippen molar-refractivity contribution in [3.63, 3.8) is 0 Å². The van der Waals surface area contributed by atoms with E-state index in [-0.39, 0.29) is 5.82 Å². The molecule has 0 spiro atoms. The second-order valence-electron chi connectivity index (χ2n) is 2.68. The van der Waals surface area contributed by atoms with Gasteiger partial charge in [0.1, 0.15) is 11.8 Å².